The first-order valence-corrected chi connectivity index (χ1v) is 8.28. The molecule has 0 radical (unpaired) electrons. The molecule has 3 nitrogen and oxygen atoms in total. The molecule has 2 aliphatic carbocycles. The Hall–Kier alpha value is -0.120. The van der Waals surface area contributed by atoms with E-state index in [4.69, 9.17) is 0 Å². The molecule has 0 bridgehead atoms. The van der Waals surface area contributed by atoms with Crippen molar-refractivity contribution in [1.82, 2.24) is 15.5 Å². The Morgan fingerprint density at radius 3 is 1.84 bits per heavy atom. The summed E-state index contributed by atoms with van der Waals surface area (Å²) in [5.74, 6) is 0.926. The Labute approximate surface area is 119 Å². The van der Waals surface area contributed by atoms with Gasteiger partial charge < -0.3 is 15.5 Å². The molecule has 0 heterocycles. The maximum Gasteiger partial charge on any atom is 0.00963 e. The number of nitrogens with zero attached hydrogens (tertiary/aromatic N) is 1. The van der Waals surface area contributed by atoms with E-state index in [9.17, 15) is 0 Å². The highest BCUT2D eigenvalue weighted by Crippen LogP contribution is 2.31. The van der Waals surface area contributed by atoms with E-state index >= 15 is 0 Å². The molecule has 0 saturated heterocycles. The second kappa shape index (κ2) is 7.61. The van der Waals surface area contributed by atoms with Crippen LogP contribution in [0.3, 0.4) is 0 Å². The van der Waals surface area contributed by atoms with Crippen LogP contribution in [0.5, 0.6) is 0 Å². The van der Waals surface area contributed by atoms with Crippen LogP contribution in [0.2, 0.25) is 0 Å². The summed E-state index contributed by atoms with van der Waals surface area (Å²) in [4.78, 5) is 2.72. The largest absolute Gasteiger partial charge is 0.319 e. The van der Waals surface area contributed by atoms with E-state index in [2.05, 4.69) is 36.7 Å². The molecule has 0 aliphatic heterocycles. The van der Waals surface area contributed by atoms with Gasteiger partial charge in [0.1, 0.15) is 0 Å². The van der Waals surface area contributed by atoms with Crippen molar-refractivity contribution in [3.8, 4) is 0 Å². The summed E-state index contributed by atoms with van der Waals surface area (Å²) in [5, 5.41) is 6.77. The van der Waals surface area contributed by atoms with E-state index < -0.39 is 0 Å². The number of rotatable bonds is 5. The summed E-state index contributed by atoms with van der Waals surface area (Å²) < 4.78 is 0. The summed E-state index contributed by atoms with van der Waals surface area (Å²) in [5.41, 5.74) is 0. The summed E-state index contributed by atoms with van der Waals surface area (Å²) in [7, 11) is 6.57. The molecule has 0 spiro atoms. The van der Waals surface area contributed by atoms with Crippen LogP contribution in [0, 0.1) is 5.92 Å². The van der Waals surface area contributed by atoms with Gasteiger partial charge in [-0.3, -0.25) is 0 Å². The molecule has 2 aliphatic rings. The fourth-order valence-electron chi connectivity index (χ4n) is 4.11. The van der Waals surface area contributed by atoms with Gasteiger partial charge in [-0.25, -0.2) is 0 Å². The van der Waals surface area contributed by atoms with Gasteiger partial charge in [0.15, 0.2) is 0 Å². The molecule has 0 unspecified atom stereocenters. The van der Waals surface area contributed by atoms with Crippen LogP contribution in [-0.2, 0) is 0 Å². The van der Waals surface area contributed by atoms with Crippen LogP contribution in [-0.4, -0.2) is 50.7 Å². The van der Waals surface area contributed by atoms with Crippen molar-refractivity contribution in [2.45, 2.75) is 69.5 Å². The molecular formula is C16H33N3. The quantitative estimate of drug-likeness (QED) is 0.800. The van der Waals surface area contributed by atoms with Crippen molar-refractivity contribution in [2.75, 3.05) is 27.7 Å². The van der Waals surface area contributed by atoms with Crippen molar-refractivity contribution in [2.24, 2.45) is 5.92 Å². The van der Waals surface area contributed by atoms with E-state index in [0.717, 1.165) is 24.0 Å². The van der Waals surface area contributed by atoms with Crippen molar-refractivity contribution in [3.05, 3.63) is 0 Å². The van der Waals surface area contributed by atoms with Crippen LogP contribution in [0.1, 0.15) is 51.4 Å². The summed E-state index contributed by atoms with van der Waals surface area (Å²) in [6.45, 7) is 1.21. The lowest BCUT2D eigenvalue weighted by Crippen LogP contribution is -2.46. The molecule has 0 aromatic rings. The minimum absolute atomic E-state index is 0.774. The molecule has 0 atom stereocenters. The number of hydrogen-bond donors (Lipinski definition) is 2. The van der Waals surface area contributed by atoms with E-state index in [1.807, 2.05) is 0 Å². The molecule has 0 amide bonds. The van der Waals surface area contributed by atoms with Crippen LogP contribution in [0.25, 0.3) is 0 Å². The predicted octanol–water partition coefficient (Wildman–Crippen LogP) is 2.23. The highest BCUT2D eigenvalue weighted by atomic mass is 15.2. The standard InChI is InChI=1S/C16H33N3/c1-17-12-13-4-8-15(9-5-13)19(3)16-10-6-14(18-2)7-11-16/h13-18H,4-12H2,1-3H3. The van der Waals surface area contributed by atoms with Gasteiger partial charge in [-0.15, -0.1) is 0 Å². The second-order valence-electron chi connectivity index (χ2n) is 6.69. The van der Waals surface area contributed by atoms with Crippen LogP contribution in [0.4, 0.5) is 0 Å². The average Bonchev–Trinajstić information content (AvgIpc) is 2.48. The van der Waals surface area contributed by atoms with E-state index in [0.29, 0.717) is 0 Å². The highest BCUT2D eigenvalue weighted by Gasteiger charge is 2.29. The zero-order valence-electron chi connectivity index (χ0n) is 13.1. The minimum atomic E-state index is 0.774. The predicted molar refractivity (Wildman–Crippen MR) is 82.5 cm³/mol. The van der Waals surface area contributed by atoms with Gasteiger partial charge in [-0.05, 0) is 85.0 Å². The Morgan fingerprint density at radius 1 is 0.842 bits per heavy atom. The smallest absolute Gasteiger partial charge is 0.00963 e. The Morgan fingerprint density at radius 2 is 1.37 bits per heavy atom. The maximum atomic E-state index is 3.44. The molecule has 0 aromatic heterocycles. The third kappa shape index (κ3) is 4.17. The zero-order valence-corrected chi connectivity index (χ0v) is 13.1. The van der Waals surface area contributed by atoms with Gasteiger partial charge >= 0.3 is 0 Å². The molecule has 2 N–H and O–H groups in total. The first kappa shape index (κ1) is 15.3. The SMILES string of the molecule is CNCC1CCC(N(C)C2CCC(NC)CC2)CC1. The van der Waals surface area contributed by atoms with Crippen LogP contribution < -0.4 is 10.6 Å². The minimum Gasteiger partial charge on any atom is -0.319 e. The summed E-state index contributed by atoms with van der Waals surface area (Å²) in [6.07, 6.45) is 11.2. The Bertz CT molecular complexity index is 240. The van der Waals surface area contributed by atoms with Crippen molar-refractivity contribution < 1.29 is 0 Å². The van der Waals surface area contributed by atoms with Gasteiger partial charge in [-0.1, -0.05) is 0 Å². The highest BCUT2D eigenvalue weighted by molar-refractivity contribution is 4.86. The van der Waals surface area contributed by atoms with Crippen LogP contribution >= 0.6 is 0 Å². The topological polar surface area (TPSA) is 27.3 Å². The van der Waals surface area contributed by atoms with Gasteiger partial charge in [0, 0.05) is 18.1 Å². The molecule has 2 rings (SSSR count). The molecular weight excluding hydrogens is 234 g/mol. The zero-order chi connectivity index (χ0) is 13.7. The maximum absolute atomic E-state index is 3.44. The van der Waals surface area contributed by atoms with Gasteiger partial charge in [0.05, 0.1) is 0 Å². The van der Waals surface area contributed by atoms with Crippen molar-refractivity contribution in [3.63, 3.8) is 0 Å². The molecule has 0 aromatic carbocycles. The first-order valence-electron chi connectivity index (χ1n) is 8.28. The molecule has 2 fully saturated rings. The van der Waals surface area contributed by atoms with Gasteiger partial charge in [0.2, 0.25) is 0 Å². The van der Waals surface area contributed by atoms with E-state index in [1.54, 1.807) is 0 Å². The number of hydrogen-bond acceptors (Lipinski definition) is 3. The Kier molecular flexibility index (Phi) is 6.11. The fraction of sp³-hybridized carbons (Fsp3) is 1.00. The number of nitrogens with one attached hydrogen (secondary N) is 2. The summed E-state index contributed by atoms with van der Waals surface area (Å²) in [6, 6.07) is 2.47. The molecule has 3 heteroatoms. The Balaban J connectivity index is 1.73. The van der Waals surface area contributed by atoms with Crippen LogP contribution in [0.15, 0.2) is 0 Å². The van der Waals surface area contributed by atoms with E-state index in [1.165, 1.54) is 57.9 Å². The average molecular weight is 267 g/mol. The molecule has 112 valence electrons. The lowest BCUT2D eigenvalue weighted by atomic mass is 9.83. The van der Waals surface area contributed by atoms with E-state index in [-0.39, 0.29) is 0 Å². The lowest BCUT2D eigenvalue weighted by molar-refractivity contribution is 0.0920. The van der Waals surface area contributed by atoms with Crippen molar-refractivity contribution >= 4 is 0 Å². The van der Waals surface area contributed by atoms with Crippen molar-refractivity contribution in [1.29, 1.82) is 0 Å². The van der Waals surface area contributed by atoms with Gasteiger partial charge in [-0.2, -0.15) is 0 Å². The third-order valence-electron chi connectivity index (χ3n) is 5.57. The normalized spacial score (nSPS) is 36.6. The monoisotopic (exact) mass is 267 g/mol. The first-order chi connectivity index (χ1) is 9.24. The third-order valence-corrected chi connectivity index (χ3v) is 5.57. The lowest BCUT2D eigenvalue weighted by Gasteiger charge is -2.42. The fourth-order valence-corrected chi connectivity index (χ4v) is 4.11. The summed E-state index contributed by atoms with van der Waals surface area (Å²) >= 11 is 0. The van der Waals surface area contributed by atoms with Gasteiger partial charge in [0.25, 0.3) is 0 Å². The second-order valence-corrected chi connectivity index (χ2v) is 6.69. The molecule has 2 saturated carbocycles. The molecule has 19 heavy (non-hydrogen) atoms.